The minimum Gasteiger partial charge on any atom is -0.459 e. The van der Waals surface area contributed by atoms with Gasteiger partial charge in [-0.05, 0) is 27.7 Å². The van der Waals surface area contributed by atoms with Gasteiger partial charge in [-0.3, -0.25) is 4.79 Å². The highest BCUT2D eigenvalue weighted by Gasteiger charge is 2.34. The molecule has 0 saturated heterocycles. The lowest BCUT2D eigenvalue weighted by atomic mass is 9.92. The summed E-state index contributed by atoms with van der Waals surface area (Å²) in [6, 6.07) is 0. The van der Waals surface area contributed by atoms with E-state index in [-0.39, 0.29) is 11.9 Å². The van der Waals surface area contributed by atoms with Gasteiger partial charge in [-0.25, -0.2) is 4.79 Å². The predicted octanol–water partition coefficient (Wildman–Crippen LogP) is 2.86. The lowest BCUT2D eigenvalue weighted by Gasteiger charge is -2.34. The summed E-state index contributed by atoms with van der Waals surface area (Å²) in [6.45, 7) is 14.1. The Labute approximate surface area is 109 Å². The highest BCUT2D eigenvalue weighted by atomic mass is 16.6. The average molecular weight is 256 g/mol. The molecule has 4 nitrogen and oxygen atoms in total. The minimum atomic E-state index is -0.716. The number of ether oxygens (including phenoxy) is 2. The summed E-state index contributed by atoms with van der Waals surface area (Å²) in [4.78, 5) is 22.8. The van der Waals surface area contributed by atoms with Gasteiger partial charge < -0.3 is 9.47 Å². The van der Waals surface area contributed by atoms with Crippen LogP contribution < -0.4 is 0 Å². The van der Waals surface area contributed by atoms with E-state index < -0.39 is 17.2 Å². The van der Waals surface area contributed by atoms with Crippen molar-refractivity contribution in [2.24, 2.45) is 5.92 Å². The highest BCUT2D eigenvalue weighted by molar-refractivity contribution is 5.81. The second-order valence-electron chi connectivity index (χ2n) is 5.90. The zero-order valence-electron chi connectivity index (χ0n) is 12.2. The van der Waals surface area contributed by atoms with Crippen molar-refractivity contribution in [3.63, 3.8) is 0 Å². The molecule has 104 valence electrons. The van der Waals surface area contributed by atoms with E-state index >= 15 is 0 Å². The zero-order valence-corrected chi connectivity index (χ0v) is 12.2. The molecular weight excluding hydrogens is 232 g/mol. The Morgan fingerprint density at radius 3 is 1.94 bits per heavy atom. The molecule has 0 aliphatic rings. The topological polar surface area (TPSA) is 52.6 Å². The van der Waals surface area contributed by atoms with Crippen molar-refractivity contribution in [2.75, 3.05) is 0 Å². The van der Waals surface area contributed by atoms with Gasteiger partial charge in [-0.15, -0.1) is 0 Å². The number of hydrogen-bond donors (Lipinski definition) is 0. The molecule has 0 atom stereocenters. The largest absolute Gasteiger partial charge is 0.459 e. The van der Waals surface area contributed by atoms with Crippen LogP contribution in [0.1, 0.15) is 48.0 Å². The SMILES string of the molecule is C=CC(=O)OC(C)(C)CC(C)(C)OC(=O)C(C)C. The van der Waals surface area contributed by atoms with Crippen LogP contribution in [-0.2, 0) is 19.1 Å². The van der Waals surface area contributed by atoms with E-state index in [2.05, 4.69) is 6.58 Å². The first-order valence-corrected chi connectivity index (χ1v) is 6.07. The molecule has 0 aromatic carbocycles. The highest BCUT2D eigenvalue weighted by Crippen LogP contribution is 2.27. The van der Waals surface area contributed by atoms with Gasteiger partial charge in [0.2, 0.25) is 0 Å². The summed E-state index contributed by atoms with van der Waals surface area (Å²) in [6.07, 6.45) is 1.53. The predicted molar refractivity (Wildman–Crippen MR) is 70.0 cm³/mol. The maximum Gasteiger partial charge on any atom is 0.330 e. The van der Waals surface area contributed by atoms with Gasteiger partial charge in [0.15, 0.2) is 0 Å². The molecule has 18 heavy (non-hydrogen) atoms. The summed E-state index contributed by atoms with van der Waals surface area (Å²) >= 11 is 0. The normalized spacial score (nSPS) is 12.2. The molecule has 0 aromatic heterocycles. The summed E-state index contributed by atoms with van der Waals surface area (Å²) in [5.74, 6) is -0.917. The number of carbonyl (C=O) groups is 2. The van der Waals surface area contributed by atoms with Crippen molar-refractivity contribution in [3.05, 3.63) is 12.7 Å². The molecule has 0 rings (SSSR count). The Bertz CT molecular complexity index is 327. The van der Waals surface area contributed by atoms with Gasteiger partial charge in [0.1, 0.15) is 11.2 Å². The van der Waals surface area contributed by atoms with Crippen molar-refractivity contribution >= 4 is 11.9 Å². The molecule has 0 saturated carbocycles. The van der Waals surface area contributed by atoms with Gasteiger partial charge in [0, 0.05) is 12.5 Å². The van der Waals surface area contributed by atoms with Crippen LogP contribution in [0.2, 0.25) is 0 Å². The molecule has 0 aliphatic carbocycles. The Balaban J connectivity index is 4.59. The van der Waals surface area contributed by atoms with E-state index in [0.29, 0.717) is 6.42 Å². The Morgan fingerprint density at radius 1 is 1.11 bits per heavy atom. The van der Waals surface area contributed by atoms with Crippen LogP contribution in [0, 0.1) is 5.92 Å². The fourth-order valence-electron chi connectivity index (χ4n) is 1.80. The van der Waals surface area contributed by atoms with Gasteiger partial charge in [-0.1, -0.05) is 20.4 Å². The molecule has 4 heteroatoms. The second kappa shape index (κ2) is 6.03. The average Bonchev–Trinajstić information content (AvgIpc) is 2.13. The van der Waals surface area contributed by atoms with E-state index in [1.807, 2.05) is 0 Å². The second-order valence-corrected chi connectivity index (χ2v) is 5.90. The molecule has 0 aromatic rings. The van der Waals surface area contributed by atoms with E-state index in [1.165, 1.54) is 0 Å². The summed E-state index contributed by atoms with van der Waals surface area (Å²) < 4.78 is 10.6. The molecule has 0 N–H and O–H groups in total. The van der Waals surface area contributed by atoms with Crippen LogP contribution in [0.25, 0.3) is 0 Å². The monoisotopic (exact) mass is 256 g/mol. The maximum atomic E-state index is 11.6. The van der Waals surface area contributed by atoms with E-state index in [0.717, 1.165) is 6.08 Å². The first-order chi connectivity index (χ1) is 7.99. The first-order valence-electron chi connectivity index (χ1n) is 6.07. The summed E-state index contributed by atoms with van der Waals surface area (Å²) in [5, 5.41) is 0. The van der Waals surface area contributed by atoms with Crippen molar-refractivity contribution in [2.45, 2.75) is 59.2 Å². The van der Waals surface area contributed by atoms with Crippen molar-refractivity contribution < 1.29 is 19.1 Å². The molecule has 0 spiro atoms. The summed E-state index contributed by atoms with van der Waals surface area (Å²) in [7, 11) is 0. The van der Waals surface area contributed by atoms with Crippen molar-refractivity contribution in [1.82, 2.24) is 0 Å². The Morgan fingerprint density at radius 2 is 1.56 bits per heavy atom. The lowest BCUT2D eigenvalue weighted by molar-refractivity contribution is -0.170. The number of hydrogen-bond acceptors (Lipinski definition) is 4. The van der Waals surface area contributed by atoms with Crippen LogP contribution in [0.3, 0.4) is 0 Å². The standard InChI is InChI=1S/C14H24O4/c1-8-11(15)17-13(4,5)9-14(6,7)18-12(16)10(2)3/h8,10H,1,9H2,2-7H3. The Kier molecular flexibility index (Phi) is 5.58. The van der Waals surface area contributed by atoms with Gasteiger partial charge in [0.25, 0.3) is 0 Å². The number of carbonyl (C=O) groups excluding carboxylic acids is 2. The molecule has 0 unspecified atom stereocenters. The van der Waals surface area contributed by atoms with Crippen LogP contribution in [0.5, 0.6) is 0 Å². The van der Waals surface area contributed by atoms with E-state index in [1.54, 1.807) is 41.5 Å². The van der Waals surface area contributed by atoms with Gasteiger partial charge in [-0.2, -0.15) is 0 Å². The molecule has 0 aliphatic heterocycles. The third-order valence-corrected chi connectivity index (χ3v) is 2.24. The zero-order chi connectivity index (χ0) is 14.6. The van der Waals surface area contributed by atoms with Crippen molar-refractivity contribution in [1.29, 1.82) is 0 Å². The molecule has 0 bridgehead atoms. The smallest absolute Gasteiger partial charge is 0.330 e. The summed E-state index contributed by atoms with van der Waals surface area (Å²) in [5.41, 5.74) is -1.40. The maximum absolute atomic E-state index is 11.6. The molecule has 0 amide bonds. The molecule has 0 heterocycles. The Hall–Kier alpha value is -1.32. The quantitative estimate of drug-likeness (QED) is 0.541. The first kappa shape index (κ1) is 16.7. The van der Waals surface area contributed by atoms with Crippen LogP contribution >= 0.6 is 0 Å². The van der Waals surface area contributed by atoms with Crippen molar-refractivity contribution in [3.8, 4) is 0 Å². The van der Waals surface area contributed by atoms with E-state index in [4.69, 9.17) is 9.47 Å². The molecule has 0 radical (unpaired) electrons. The third kappa shape index (κ3) is 6.42. The molecule has 0 fully saturated rings. The number of esters is 2. The minimum absolute atomic E-state index is 0.178. The lowest BCUT2D eigenvalue weighted by Crippen LogP contribution is -2.40. The third-order valence-electron chi connectivity index (χ3n) is 2.24. The number of rotatable bonds is 6. The molecular formula is C14H24O4. The van der Waals surface area contributed by atoms with Gasteiger partial charge >= 0.3 is 11.9 Å². The van der Waals surface area contributed by atoms with Crippen LogP contribution in [0.15, 0.2) is 12.7 Å². The van der Waals surface area contributed by atoms with E-state index in [9.17, 15) is 9.59 Å². The fourth-order valence-corrected chi connectivity index (χ4v) is 1.80. The fraction of sp³-hybridized carbons (Fsp3) is 0.714. The van der Waals surface area contributed by atoms with Crippen LogP contribution in [0.4, 0.5) is 0 Å². The van der Waals surface area contributed by atoms with Gasteiger partial charge in [0.05, 0.1) is 5.92 Å². The van der Waals surface area contributed by atoms with Crippen LogP contribution in [-0.4, -0.2) is 23.1 Å².